The molecule has 0 aliphatic carbocycles. The summed E-state index contributed by atoms with van der Waals surface area (Å²) in [6.07, 6.45) is 3.10. The zero-order valence-corrected chi connectivity index (χ0v) is 14.9. The summed E-state index contributed by atoms with van der Waals surface area (Å²) in [6, 6.07) is 6.00. The fourth-order valence-electron chi connectivity index (χ4n) is 2.67. The Kier molecular flexibility index (Phi) is 7.07. The van der Waals surface area contributed by atoms with Crippen LogP contribution in [0.4, 0.5) is 5.69 Å². The van der Waals surface area contributed by atoms with Gasteiger partial charge in [-0.1, -0.05) is 0 Å². The van der Waals surface area contributed by atoms with Crippen molar-refractivity contribution in [2.75, 3.05) is 39.3 Å². The van der Waals surface area contributed by atoms with Crippen molar-refractivity contribution < 1.29 is 9.72 Å². The number of rotatable bonds is 6. The van der Waals surface area contributed by atoms with Crippen LogP contribution in [0.1, 0.15) is 10.4 Å². The van der Waals surface area contributed by atoms with E-state index in [0.29, 0.717) is 17.8 Å². The predicted octanol–water partition coefficient (Wildman–Crippen LogP) is 0.837. The van der Waals surface area contributed by atoms with Gasteiger partial charge in [0.05, 0.1) is 22.4 Å². The monoisotopic (exact) mass is 380 g/mol. The lowest BCUT2D eigenvalue weighted by Crippen LogP contribution is -2.46. The minimum Gasteiger partial charge on any atom is -0.351 e. The number of non-ortho nitro benzene ring substituents is 1. The fraction of sp³-hybridized carbons (Fsp3) is 0.375. The number of hydrogen-bond donors (Lipinski definition) is 2. The lowest BCUT2D eigenvalue weighted by molar-refractivity contribution is -0.384. The summed E-state index contributed by atoms with van der Waals surface area (Å²) >= 11 is 0. The summed E-state index contributed by atoms with van der Waals surface area (Å²) in [7, 11) is 0. The van der Waals surface area contributed by atoms with Crippen LogP contribution in [-0.4, -0.2) is 64.8 Å². The van der Waals surface area contributed by atoms with E-state index in [2.05, 4.69) is 20.6 Å². The minimum absolute atomic E-state index is 0. The molecule has 0 bridgehead atoms. The van der Waals surface area contributed by atoms with Crippen LogP contribution in [-0.2, 0) is 0 Å². The standard InChI is InChI=1S/C16H20N6O3.ClH/c23-16(18-7-10-20-8-5-17-6-9-20)13-11-19-21(12-13)14-1-3-15(4-2-14)22(24)25;/h1-4,11-12,17H,5-10H2,(H,18,23);1H. The van der Waals surface area contributed by atoms with Gasteiger partial charge in [-0.05, 0) is 12.1 Å². The summed E-state index contributed by atoms with van der Waals surface area (Å²) in [5.41, 5.74) is 1.13. The van der Waals surface area contributed by atoms with Gasteiger partial charge in [0.2, 0.25) is 0 Å². The van der Waals surface area contributed by atoms with E-state index in [1.165, 1.54) is 23.0 Å². The molecule has 0 spiro atoms. The summed E-state index contributed by atoms with van der Waals surface area (Å²) in [6.45, 7) is 5.36. The second-order valence-corrected chi connectivity index (χ2v) is 5.79. The van der Waals surface area contributed by atoms with Crippen molar-refractivity contribution in [1.82, 2.24) is 25.3 Å². The topological polar surface area (TPSA) is 105 Å². The molecule has 140 valence electrons. The summed E-state index contributed by atoms with van der Waals surface area (Å²) in [5, 5.41) is 21.0. The molecular formula is C16H21ClN6O3. The molecule has 1 saturated heterocycles. The lowest BCUT2D eigenvalue weighted by Gasteiger charge is -2.26. The van der Waals surface area contributed by atoms with E-state index in [0.717, 1.165) is 32.7 Å². The Bertz CT molecular complexity index is 743. The van der Waals surface area contributed by atoms with Gasteiger partial charge in [-0.15, -0.1) is 12.4 Å². The number of carbonyl (C=O) groups is 1. The highest BCUT2D eigenvalue weighted by molar-refractivity contribution is 5.93. The molecule has 1 aliphatic heterocycles. The number of amides is 1. The first-order valence-electron chi connectivity index (χ1n) is 8.14. The molecule has 0 atom stereocenters. The van der Waals surface area contributed by atoms with E-state index in [4.69, 9.17) is 0 Å². The molecule has 9 nitrogen and oxygen atoms in total. The number of halogens is 1. The predicted molar refractivity (Wildman–Crippen MR) is 99.1 cm³/mol. The van der Waals surface area contributed by atoms with Crippen molar-refractivity contribution in [1.29, 1.82) is 0 Å². The molecule has 1 amide bonds. The van der Waals surface area contributed by atoms with Gasteiger partial charge in [0.1, 0.15) is 0 Å². The lowest BCUT2D eigenvalue weighted by atomic mass is 10.3. The van der Waals surface area contributed by atoms with E-state index in [-0.39, 0.29) is 24.0 Å². The van der Waals surface area contributed by atoms with Gasteiger partial charge >= 0.3 is 0 Å². The van der Waals surface area contributed by atoms with Crippen LogP contribution in [0, 0.1) is 10.1 Å². The van der Waals surface area contributed by atoms with Crippen LogP contribution in [0.25, 0.3) is 5.69 Å². The van der Waals surface area contributed by atoms with E-state index in [1.807, 2.05) is 0 Å². The highest BCUT2D eigenvalue weighted by atomic mass is 35.5. The van der Waals surface area contributed by atoms with Crippen LogP contribution >= 0.6 is 12.4 Å². The molecule has 0 saturated carbocycles. The van der Waals surface area contributed by atoms with Gasteiger partial charge in [-0.2, -0.15) is 5.10 Å². The third-order valence-corrected chi connectivity index (χ3v) is 4.09. The van der Waals surface area contributed by atoms with Crippen LogP contribution in [0.5, 0.6) is 0 Å². The van der Waals surface area contributed by atoms with Crippen LogP contribution in [0.2, 0.25) is 0 Å². The van der Waals surface area contributed by atoms with Crippen molar-refractivity contribution in [3.05, 3.63) is 52.3 Å². The Morgan fingerprint density at radius 1 is 1.27 bits per heavy atom. The molecule has 3 rings (SSSR count). The number of hydrogen-bond acceptors (Lipinski definition) is 6. The SMILES string of the molecule is Cl.O=C(NCCN1CCNCC1)c1cnn(-c2ccc([N+](=O)[O-])cc2)c1. The summed E-state index contributed by atoms with van der Waals surface area (Å²) in [5.74, 6) is -0.178. The van der Waals surface area contributed by atoms with Gasteiger partial charge < -0.3 is 10.6 Å². The maximum absolute atomic E-state index is 12.2. The quantitative estimate of drug-likeness (QED) is 0.568. The third-order valence-electron chi connectivity index (χ3n) is 4.09. The maximum Gasteiger partial charge on any atom is 0.269 e. The van der Waals surface area contributed by atoms with E-state index < -0.39 is 4.92 Å². The number of nitrogens with zero attached hydrogens (tertiary/aromatic N) is 4. The number of carbonyl (C=O) groups excluding carboxylic acids is 1. The van der Waals surface area contributed by atoms with Crippen LogP contribution in [0.3, 0.4) is 0 Å². The molecule has 0 radical (unpaired) electrons. The molecule has 26 heavy (non-hydrogen) atoms. The number of aromatic nitrogens is 2. The first kappa shape index (κ1) is 19.8. The molecule has 2 N–H and O–H groups in total. The summed E-state index contributed by atoms with van der Waals surface area (Å²) in [4.78, 5) is 24.7. The average molecular weight is 381 g/mol. The first-order valence-corrected chi connectivity index (χ1v) is 8.14. The molecule has 1 aromatic carbocycles. The Hall–Kier alpha value is -2.49. The molecule has 2 aromatic rings. The second-order valence-electron chi connectivity index (χ2n) is 5.79. The zero-order valence-electron chi connectivity index (χ0n) is 14.1. The van der Waals surface area contributed by atoms with E-state index in [1.54, 1.807) is 18.3 Å². The third kappa shape index (κ3) is 5.01. The van der Waals surface area contributed by atoms with Crippen molar-refractivity contribution in [2.24, 2.45) is 0 Å². The molecule has 1 fully saturated rings. The van der Waals surface area contributed by atoms with Gasteiger partial charge in [0, 0.05) is 57.6 Å². The van der Waals surface area contributed by atoms with E-state index >= 15 is 0 Å². The maximum atomic E-state index is 12.2. The molecule has 10 heteroatoms. The molecule has 1 aliphatic rings. The van der Waals surface area contributed by atoms with Crippen LogP contribution in [0.15, 0.2) is 36.7 Å². The number of benzene rings is 1. The average Bonchev–Trinajstić information content (AvgIpc) is 3.13. The number of nitro benzene ring substituents is 1. The van der Waals surface area contributed by atoms with Gasteiger partial charge in [-0.3, -0.25) is 19.8 Å². The van der Waals surface area contributed by atoms with Gasteiger partial charge in [-0.25, -0.2) is 4.68 Å². The number of nitro groups is 1. The second kappa shape index (κ2) is 9.27. The summed E-state index contributed by atoms with van der Waals surface area (Å²) < 4.78 is 1.52. The fourth-order valence-corrected chi connectivity index (χ4v) is 2.67. The smallest absolute Gasteiger partial charge is 0.269 e. The molecule has 2 heterocycles. The number of nitrogens with one attached hydrogen (secondary N) is 2. The first-order chi connectivity index (χ1) is 12.1. The largest absolute Gasteiger partial charge is 0.351 e. The van der Waals surface area contributed by atoms with Gasteiger partial charge in [0.25, 0.3) is 11.6 Å². The van der Waals surface area contributed by atoms with Crippen molar-refractivity contribution in [3.63, 3.8) is 0 Å². The highest BCUT2D eigenvalue weighted by Gasteiger charge is 2.12. The van der Waals surface area contributed by atoms with Crippen LogP contribution < -0.4 is 10.6 Å². The Labute approximate surface area is 156 Å². The highest BCUT2D eigenvalue weighted by Crippen LogP contribution is 2.15. The van der Waals surface area contributed by atoms with Crippen molar-refractivity contribution in [3.8, 4) is 5.69 Å². The normalized spacial score (nSPS) is 14.5. The Balaban J connectivity index is 0.00000243. The van der Waals surface area contributed by atoms with Gasteiger partial charge in [0.15, 0.2) is 0 Å². The van der Waals surface area contributed by atoms with Crippen molar-refractivity contribution in [2.45, 2.75) is 0 Å². The Morgan fingerprint density at radius 2 is 1.96 bits per heavy atom. The zero-order chi connectivity index (χ0) is 17.6. The van der Waals surface area contributed by atoms with Crippen molar-refractivity contribution >= 4 is 24.0 Å². The molecule has 1 aromatic heterocycles. The Morgan fingerprint density at radius 3 is 2.62 bits per heavy atom. The molecular weight excluding hydrogens is 360 g/mol. The van der Waals surface area contributed by atoms with E-state index in [9.17, 15) is 14.9 Å². The molecule has 0 unspecified atom stereocenters. The minimum atomic E-state index is -0.454. The number of piperazine rings is 1.